The molecule has 2 atom stereocenters. The highest BCUT2D eigenvalue weighted by atomic mass is 32.1. The third-order valence-corrected chi connectivity index (χ3v) is 7.79. The Morgan fingerprint density at radius 2 is 1.37 bits per heavy atom. The number of nitrogens with one attached hydrogen (secondary N) is 2. The molecule has 3 aromatic rings. The van der Waals surface area contributed by atoms with Crippen LogP contribution in [-0.2, 0) is 33.4 Å². The number of thiol groups is 1. The van der Waals surface area contributed by atoms with Crippen molar-refractivity contribution in [3.63, 3.8) is 0 Å². The molecule has 0 aliphatic heterocycles. The van der Waals surface area contributed by atoms with Crippen LogP contribution in [-0.4, -0.2) is 39.7 Å². The maximum Gasteiger partial charge on any atom is 0.416 e. The number of halogens is 3. The lowest BCUT2D eigenvalue weighted by atomic mass is 9.94. The molecule has 0 unspecified atom stereocenters. The van der Waals surface area contributed by atoms with E-state index < -0.39 is 40.4 Å². The highest BCUT2D eigenvalue weighted by Crippen LogP contribution is 2.32. The molecule has 216 valence electrons. The van der Waals surface area contributed by atoms with E-state index in [1.54, 1.807) is 24.3 Å². The summed E-state index contributed by atoms with van der Waals surface area (Å²) >= 11 is 4.45. The van der Waals surface area contributed by atoms with Crippen LogP contribution in [0.5, 0.6) is 0 Å². The number of rotatable bonds is 10. The number of carboxylic acids is 1. The lowest BCUT2D eigenvalue weighted by molar-refractivity contribution is -0.143. The van der Waals surface area contributed by atoms with Crippen molar-refractivity contribution in [1.29, 1.82) is 0 Å². The zero-order chi connectivity index (χ0) is 29.6. The molecule has 1 aliphatic rings. The quantitative estimate of drug-likeness (QED) is 0.238. The van der Waals surface area contributed by atoms with Crippen LogP contribution < -0.4 is 10.6 Å². The third kappa shape index (κ3) is 7.70. The van der Waals surface area contributed by atoms with E-state index in [1.807, 2.05) is 30.3 Å². The number of carboxylic acid groups (broad SMARTS) is 1. The molecule has 10 heteroatoms. The van der Waals surface area contributed by atoms with Crippen LogP contribution in [0.15, 0.2) is 78.9 Å². The van der Waals surface area contributed by atoms with E-state index in [2.05, 4.69) is 23.3 Å². The van der Waals surface area contributed by atoms with E-state index in [-0.39, 0.29) is 12.3 Å². The first-order valence-corrected chi connectivity index (χ1v) is 13.8. The second kappa shape index (κ2) is 12.8. The van der Waals surface area contributed by atoms with Gasteiger partial charge in [0.25, 0.3) is 0 Å². The van der Waals surface area contributed by atoms with Crippen molar-refractivity contribution >= 4 is 30.4 Å². The standard InChI is InChI=1S/C31H31F3N2O4S/c32-31(33,34)24-14-12-23(13-15-24)22-10-8-21(9-11-22)18-25(28(38)39)35-29(40)30(16-4-5-17-30)36-27(37)26(41)19-20-6-2-1-3-7-20/h1-3,6-15,25-26,41H,4-5,16-19H2,(H,35,40)(H,36,37)(H,38,39)/t25-,26-/m0/s1. The molecular weight excluding hydrogens is 553 g/mol. The summed E-state index contributed by atoms with van der Waals surface area (Å²) in [5, 5.41) is 14.7. The fraction of sp³-hybridized carbons (Fsp3) is 0.323. The largest absolute Gasteiger partial charge is 0.480 e. The van der Waals surface area contributed by atoms with Crippen molar-refractivity contribution in [1.82, 2.24) is 10.6 Å². The first kappa shape index (κ1) is 30.2. The number of hydrogen-bond donors (Lipinski definition) is 4. The Hall–Kier alpha value is -3.79. The maximum atomic E-state index is 13.4. The highest BCUT2D eigenvalue weighted by molar-refractivity contribution is 7.81. The molecule has 0 bridgehead atoms. The van der Waals surface area contributed by atoms with Gasteiger partial charge in [-0.1, -0.05) is 79.6 Å². The van der Waals surface area contributed by atoms with Gasteiger partial charge in [0.1, 0.15) is 11.6 Å². The number of benzene rings is 3. The van der Waals surface area contributed by atoms with E-state index in [9.17, 15) is 32.7 Å². The van der Waals surface area contributed by atoms with Gasteiger partial charge in [0.15, 0.2) is 0 Å². The van der Waals surface area contributed by atoms with Crippen molar-refractivity contribution in [2.75, 3.05) is 0 Å². The van der Waals surface area contributed by atoms with Crippen LogP contribution in [0, 0.1) is 0 Å². The molecule has 6 nitrogen and oxygen atoms in total. The van der Waals surface area contributed by atoms with Crippen molar-refractivity contribution in [3.8, 4) is 11.1 Å². The van der Waals surface area contributed by atoms with Gasteiger partial charge in [-0.3, -0.25) is 9.59 Å². The summed E-state index contributed by atoms with van der Waals surface area (Å²) in [6.07, 6.45) is -1.83. The molecule has 2 amide bonds. The first-order valence-electron chi connectivity index (χ1n) is 13.3. The second-order valence-electron chi connectivity index (χ2n) is 10.3. The van der Waals surface area contributed by atoms with Gasteiger partial charge in [0.05, 0.1) is 10.8 Å². The van der Waals surface area contributed by atoms with E-state index in [0.717, 1.165) is 17.7 Å². The Morgan fingerprint density at radius 1 is 0.829 bits per heavy atom. The molecule has 0 saturated heterocycles. The summed E-state index contributed by atoms with van der Waals surface area (Å²) in [5.74, 6) is -2.15. The molecular formula is C31H31F3N2O4S. The predicted octanol–water partition coefficient (Wildman–Crippen LogP) is 5.45. The molecule has 0 aromatic heterocycles. The molecule has 1 fully saturated rings. The number of amides is 2. The molecule has 3 N–H and O–H groups in total. The first-order chi connectivity index (χ1) is 19.5. The van der Waals surface area contributed by atoms with Crippen LogP contribution in [0.1, 0.15) is 42.4 Å². The minimum Gasteiger partial charge on any atom is -0.480 e. The molecule has 1 aliphatic carbocycles. The average Bonchev–Trinajstić information content (AvgIpc) is 3.43. The Bertz CT molecular complexity index is 1360. The van der Waals surface area contributed by atoms with Gasteiger partial charge in [0, 0.05) is 6.42 Å². The number of carbonyl (C=O) groups excluding carboxylic acids is 2. The molecule has 1 saturated carbocycles. The van der Waals surface area contributed by atoms with Crippen molar-refractivity contribution in [2.24, 2.45) is 0 Å². The number of aliphatic carboxylic acids is 1. The van der Waals surface area contributed by atoms with Gasteiger partial charge in [-0.15, -0.1) is 0 Å². The number of alkyl halides is 3. The second-order valence-corrected chi connectivity index (χ2v) is 10.9. The zero-order valence-electron chi connectivity index (χ0n) is 22.2. The van der Waals surface area contributed by atoms with Crippen LogP contribution in [0.2, 0.25) is 0 Å². The monoisotopic (exact) mass is 584 g/mol. The molecule has 0 heterocycles. The normalized spacial score (nSPS) is 16.0. The Balaban J connectivity index is 1.41. The average molecular weight is 585 g/mol. The SMILES string of the molecule is O=C(O)[C@H](Cc1ccc(-c2ccc(C(F)(F)F)cc2)cc1)NC(=O)C1(NC(=O)[C@@H](S)Cc2ccccc2)CCCC1. The Morgan fingerprint density at radius 3 is 1.90 bits per heavy atom. The molecule has 0 spiro atoms. The summed E-state index contributed by atoms with van der Waals surface area (Å²) in [4.78, 5) is 38.5. The topological polar surface area (TPSA) is 95.5 Å². The lowest BCUT2D eigenvalue weighted by Crippen LogP contribution is -2.61. The van der Waals surface area contributed by atoms with E-state index in [0.29, 0.717) is 48.8 Å². The lowest BCUT2D eigenvalue weighted by Gasteiger charge is -2.31. The van der Waals surface area contributed by atoms with E-state index >= 15 is 0 Å². The molecule has 0 radical (unpaired) electrons. The minimum atomic E-state index is -4.42. The van der Waals surface area contributed by atoms with Gasteiger partial charge in [0.2, 0.25) is 11.8 Å². The fourth-order valence-electron chi connectivity index (χ4n) is 5.05. The van der Waals surface area contributed by atoms with Gasteiger partial charge >= 0.3 is 12.1 Å². The molecule has 4 rings (SSSR count). The van der Waals surface area contributed by atoms with Crippen LogP contribution in [0.4, 0.5) is 13.2 Å². The maximum absolute atomic E-state index is 13.4. The van der Waals surface area contributed by atoms with Gasteiger partial charge < -0.3 is 15.7 Å². The zero-order valence-corrected chi connectivity index (χ0v) is 23.1. The van der Waals surface area contributed by atoms with Gasteiger partial charge in [-0.2, -0.15) is 25.8 Å². The van der Waals surface area contributed by atoms with Crippen molar-refractivity contribution in [3.05, 3.63) is 95.6 Å². The van der Waals surface area contributed by atoms with E-state index in [1.165, 1.54) is 12.1 Å². The fourth-order valence-corrected chi connectivity index (χ4v) is 5.33. The van der Waals surface area contributed by atoms with Crippen molar-refractivity contribution in [2.45, 2.75) is 61.5 Å². The van der Waals surface area contributed by atoms with Crippen LogP contribution in [0.25, 0.3) is 11.1 Å². The summed E-state index contributed by atoms with van der Waals surface area (Å²) < 4.78 is 38.6. The molecule has 41 heavy (non-hydrogen) atoms. The number of carbonyl (C=O) groups is 3. The summed E-state index contributed by atoms with van der Waals surface area (Å²) in [6, 6.07) is 19.7. The highest BCUT2D eigenvalue weighted by Gasteiger charge is 2.44. The number of hydrogen-bond acceptors (Lipinski definition) is 4. The summed E-state index contributed by atoms with van der Waals surface area (Å²) in [5.41, 5.74) is 0.855. The predicted molar refractivity (Wildman–Crippen MR) is 152 cm³/mol. The smallest absolute Gasteiger partial charge is 0.416 e. The van der Waals surface area contributed by atoms with Crippen LogP contribution in [0.3, 0.4) is 0 Å². The Kier molecular flexibility index (Phi) is 9.42. The third-order valence-electron chi connectivity index (χ3n) is 7.37. The van der Waals surface area contributed by atoms with Gasteiger partial charge in [-0.25, -0.2) is 4.79 Å². The molecule has 3 aromatic carbocycles. The van der Waals surface area contributed by atoms with E-state index in [4.69, 9.17) is 0 Å². The van der Waals surface area contributed by atoms with Gasteiger partial charge in [-0.05, 0) is 53.6 Å². The van der Waals surface area contributed by atoms with Crippen LogP contribution >= 0.6 is 12.6 Å². The summed E-state index contributed by atoms with van der Waals surface area (Å²) in [7, 11) is 0. The minimum absolute atomic E-state index is 0.0123. The Labute approximate surface area is 241 Å². The van der Waals surface area contributed by atoms with Crippen molar-refractivity contribution < 1.29 is 32.7 Å². The summed E-state index contributed by atoms with van der Waals surface area (Å²) in [6.45, 7) is 0.